The molecule has 0 saturated heterocycles. The first-order valence-corrected chi connectivity index (χ1v) is 10.7. The zero-order chi connectivity index (χ0) is 21.5. The maximum atomic E-state index is 13.3. The lowest BCUT2D eigenvalue weighted by Gasteiger charge is -2.28. The standard InChI is InChI=1S/C24H25FN2O2S/c1-3-4-19(20-9-11-22(25)12-10-20)13-15-27(24(28)29)17(2)18-5-7-21(8-6-18)23-26-14-16-30-23/h3,5-12,14,16-17,19H,1,4,13,15H2,2H3,(H,28,29)/t17-,19-/m0/s1. The number of hydrogen-bond donors (Lipinski definition) is 1. The van der Waals surface area contributed by atoms with Crippen LogP contribution in [0.5, 0.6) is 0 Å². The van der Waals surface area contributed by atoms with Crippen LogP contribution in [-0.2, 0) is 0 Å². The molecule has 0 bridgehead atoms. The zero-order valence-electron chi connectivity index (χ0n) is 16.9. The summed E-state index contributed by atoms with van der Waals surface area (Å²) in [6.07, 6.45) is 3.97. The first-order chi connectivity index (χ1) is 14.5. The summed E-state index contributed by atoms with van der Waals surface area (Å²) in [5, 5.41) is 12.7. The zero-order valence-corrected chi connectivity index (χ0v) is 17.7. The van der Waals surface area contributed by atoms with Crippen molar-refractivity contribution in [3.8, 4) is 10.6 Å². The third-order valence-corrected chi connectivity index (χ3v) is 6.12. The van der Waals surface area contributed by atoms with E-state index in [1.54, 1.807) is 29.7 Å². The highest BCUT2D eigenvalue weighted by molar-refractivity contribution is 7.13. The van der Waals surface area contributed by atoms with E-state index in [-0.39, 0.29) is 17.8 Å². The smallest absolute Gasteiger partial charge is 0.407 e. The van der Waals surface area contributed by atoms with Crippen molar-refractivity contribution in [1.29, 1.82) is 0 Å². The average molecular weight is 425 g/mol. The van der Waals surface area contributed by atoms with E-state index in [2.05, 4.69) is 11.6 Å². The number of allylic oxidation sites excluding steroid dienone is 1. The van der Waals surface area contributed by atoms with Crippen LogP contribution in [0.2, 0.25) is 0 Å². The summed E-state index contributed by atoms with van der Waals surface area (Å²) in [6.45, 7) is 6.08. The summed E-state index contributed by atoms with van der Waals surface area (Å²) in [4.78, 5) is 17.7. The molecule has 0 radical (unpaired) electrons. The normalized spacial score (nSPS) is 12.9. The van der Waals surface area contributed by atoms with Gasteiger partial charge < -0.3 is 10.0 Å². The quantitative estimate of drug-likeness (QED) is 0.387. The van der Waals surface area contributed by atoms with Crippen LogP contribution >= 0.6 is 11.3 Å². The van der Waals surface area contributed by atoms with Crippen molar-refractivity contribution in [1.82, 2.24) is 9.88 Å². The summed E-state index contributed by atoms with van der Waals surface area (Å²) in [5.74, 6) is -0.192. The van der Waals surface area contributed by atoms with Crippen LogP contribution in [0, 0.1) is 5.82 Å². The number of halogens is 1. The van der Waals surface area contributed by atoms with E-state index in [4.69, 9.17) is 0 Å². The van der Waals surface area contributed by atoms with Crippen molar-refractivity contribution < 1.29 is 14.3 Å². The average Bonchev–Trinajstić information content (AvgIpc) is 3.28. The van der Waals surface area contributed by atoms with Gasteiger partial charge in [0.25, 0.3) is 0 Å². The number of nitrogens with zero attached hydrogens (tertiary/aromatic N) is 2. The monoisotopic (exact) mass is 424 g/mol. The lowest BCUT2D eigenvalue weighted by atomic mass is 9.92. The second-order valence-electron chi connectivity index (χ2n) is 7.17. The fourth-order valence-electron chi connectivity index (χ4n) is 3.56. The molecule has 1 aromatic heterocycles. The predicted octanol–water partition coefficient (Wildman–Crippen LogP) is 6.74. The Balaban J connectivity index is 1.71. The van der Waals surface area contributed by atoms with Crippen molar-refractivity contribution in [3.63, 3.8) is 0 Å². The third kappa shape index (κ3) is 5.33. The minimum Gasteiger partial charge on any atom is -0.465 e. The molecular weight excluding hydrogens is 399 g/mol. The highest BCUT2D eigenvalue weighted by Crippen LogP contribution is 2.29. The number of rotatable bonds is 9. The maximum Gasteiger partial charge on any atom is 0.407 e. The maximum absolute atomic E-state index is 13.3. The van der Waals surface area contributed by atoms with Gasteiger partial charge in [0.15, 0.2) is 0 Å². The highest BCUT2D eigenvalue weighted by atomic mass is 32.1. The topological polar surface area (TPSA) is 53.4 Å². The molecule has 0 unspecified atom stereocenters. The van der Waals surface area contributed by atoms with Gasteiger partial charge in [0.05, 0.1) is 6.04 Å². The van der Waals surface area contributed by atoms with Crippen molar-refractivity contribution in [3.05, 3.63) is 89.7 Å². The molecule has 1 amide bonds. The molecule has 6 heteroatoms. The Morgan fingerprint density at radius 2 is 1.87 bits per heavy atom. The van der Waals surface area contributed by atoms with Gasteiger partial charge in [0, 0.05) is 23.7 Å². The molecule has 2 aromatic carbocycles. The van der Waals surface area contributed by atoms with Gasteiger partial charge in [-0.05, 0) is 48.9 Å². The molecule has 1 N–H and O–H groups in total. The minimum atomic E-state index is -0.956. The Labute approximate surface area is 180 Å². The molecule has 156 valence electrons. The summed E-state index contributed by atoms with van der Waals surface area (Å²) in [6, 6.07) is 14.0. The van der Waals surface area contributed by atoms with E-state index < -0.39 is 6.09 Å². The van der Waals surface area contributed by atoms with Crippen molar-refractivity contribution in [2.75, 3.05) is 6.54 Å². The van der Waals surface area contributed by atoms with Gasteiger partial charge in [-0.25, -0.2) is 14.2 Å². The van der Waals surface area contributed by atoms with Crippen molar-refractivity contribution in [2.45, 2.75) is 31.7 Å². The Morgan fingerprint density at radius 1 is 1.20 bits per heavy atom. The van der Waals surface area contributed by atoms with Crippen LogP contribution in [0.3, 0.4) is 0 Å². The molecule has 3 rings (SSSR count). The Kier molecular flexibility index (Phi) is 7.36. The Bertz CT molecular complexity index is 956. The van der Waals surface area contributed by atoms with E-state index in [0.717, 1.165) is 21.7 Å². The number of amides is 1. The van der Waals surface area contributed by atoms with Gasteiger partial charge in [-0.3, -0.25) is 0 Å². The fraction of sp³-hybridized carbons (Fsp3) is 0.250. The fourth-order valence-corrected chi connectivity index (χ4v) is 4.20. The van der Waals surface area contributed by atoms with Crippen LogP contribution in [0.4, 0.5) is 9.18 Å². The summed E-state index contributed by atoms with van der Waals surface area (Å²) >= 11 is 1.57. The largest absolute Gasteiger partial charge is 0.465 e. The molecule has 1 heterocycles. The molecule has 30 heavy (non-hydrogen) atoms. The van der Waals surface area contributed by atoms with Gasteiger partial charge in [-0.2, -0.15) is 0 Å². The first kappa shape index (κ1) is 21.7. The number of thiazole rings is 1. The number of hydrogen-bond acceptors (Lipinski definition) is 3. The van der Waals surface area contributed by atoms with E-state index in [1.807, 2.05) is 42.6 Å². The van der Waals surface area contributed by atoms with Crippen molar-refractivity contribution in [2.24, 2.45) is 0 Å². The van der Waals surface area contributed by atoms with Gasteiger partial charge in [-0.15, -0.1) is 17.9 Å². The van der Waals surface area contributed by atoms with Crippen molar-refractivity contribution >= 4 is 17.4 Å². The predicted molar refractivity (Wildman–Crippen MR) is 119 cm³/mol. The second kappa shape index (κ2) is 10.2. The molecule has 0 saturated carbocycles. The molecule has 0 aliphatic heterocycles. The van der Waals surface area contributed by atoms with Gasteiger partial charge in [0.2, 0.25) is 0 Å². The first-order valence-electron chi connectivity index (χ1n) is 9.85. The lowest BCUT2D eigenvalue weighted by Crippen LogP contribution is -2.33. The van der Waals surface area contributed by atoms with E-state index in [1.165, 1.54) is 17.0 Å². The van der Waals surface area contributed by atoms with Crippen LogP contribution in [0.15, 0.2) is 72.8 Å². The number of benzene rings is 2. The molecular formula is C24H25FN2O2S. The molecule has 0 fully saturated rings. The minimum absolute atomic E-state index is 0.0874. The molecule has 4 nitrogen and oxygen atoms in total. The van der Waals surface area contributed by atoms with Gasteiger partial charge in [0.1, 0.15) is 10.8 Å². The Hall–Kier alpha value is -2.99. The van der Waals surface area contributed by atoms with Crippen LogP contribution in [0.1, 0.15) is 42.9 Å². The number of carbonyl (C=O) groups is 1. The molecule has 3 aromatic rings. The molecule has 0 aliphatic carbocycles. The van der Waals surface area contributed by atoms with Crippen LogP contribution in [0.25, 0.3) is 10.6 Å². The summed E-state index contributed by atoms with van der Waals surface area (Å²) < 4.78 is 13.3. The molecule has 2 atom stereocenters. The summed E-state index contributed by atoms with van der Waals surface area (Å²) in [7, 11) is 0. The molecule has 0 aliphatic rings. The third-order valence-electron chi connectivity index (χ3n) is 5.30. The summed E-state index contributed by atoms with van der Waals surface area (Å²) in [5.41, 5.74) is 2.94. The van der Waals surface area contributed by atoms with Crippen LogP contribution in [-0.4, -0.2) is 27.6 Å². The SMILES string of the molecule is C=CC[C@@H](CCN(C(=O)O)[C@@H](C)c1ccc(-c2nccs2)cc1)c1ccc(F)cc1. The van der Waals surface area contributed by atoms with E-state index in [9.17, 15) is 14.3 Å². The van der Waals surface area contributed by atoms with E-state index in [0.29, 0.717) is 19.4 Å². The Morgan fingerprint density at radius 3 is 2.43 bits per heavy atom. The second-order valence-corrected chi connectivity index (χ2v) is 8.07. The molecule has 0 spiro atoms. The number of aromatic nitrogens is 1. The van der Waals surface area contributed by atoms with Gasteiger partial charge >= 0.3 is 6.09 Å². The highest BCUT2D eigenvalue weighted by Gasteiger charge is 2.22. The lowest BCUT2D eigenvalue weighted by molar-refractivity contribution is 0.126. The van der Waals surface area contributed by atoms with Gasteiger partial charge in [-0.1, -0.05) is 42.5 Å². The number of carboxylic acid groups (broad SMARTS) is 1. The van der Waals surface area contributed by atoms with E-state index >= 15 is 0 Å². The van der Waals surface area contributed by atoms with Crippen LogP contribution < -0.4 is 0 Å².